The molecule has 2 N–H and O–H groups in total. The zero-order valence-electron chi connectivity index (χ0n) is 12.5. The Kier molecular flexibility index (Phi) is 7.55. The van der Waals surface area contributed by atoms with Gasteiger partial charge in [0.1, 0.15) is 0 Å². The van der Waals surface area contributed by atoms with Crippen molar-refractivity contribution in [2.45, 2.75) is 11.8 Å². The number of hydrogen-bond acceptors (Lipinski definition) is 3. The summed E-state index contributed by atoms with van der Waals surface area (Å²) in [5, 5.41) is 3.08. The molecule has 0 bridgehead atoms. The fourth-order valence-corrected chi connectivity index (χ4v) is 3.08. The number of sulfonamides is 1. The van der Waals surface area contributed by atoms with Gasteiger partial charge in [-0.2, -0.15) is 0 Å². The van der Waals surface area contributed by atoms with Gasteiger partial charge in [0.15, 0.2) is 0 Å². The minimum Gasteiger partial charge on any atom is -0.316 e. The molecule has 0 aliphatic carbocycles. The van der Waals surface area contributed by atoms with Gasteiger partial charge in [-0.05, 0) is 29.8 Å². The van der Waals surface area contributed by atoms with Gasteiger partial charge in [0.05, 0.1) is 4.90 Å². The van der Waals surface area contributed by atoms with E-state index < -0.39 is 10.0 Å². The minimum atomic E-state index is -3.46. The standard InChI is InChI=1S/C16H20N2O2S.ClH/c1-2-17-11-12-18-21(19,20)16-10-6-9-15(13-16)14-7-4-3-5-8-14;/h3-10,13,17-18H,2,11-12H2,1H3;1H. The molecule has 0 amide bonds. The number of hydrogen-bond donors (Lipinski definition) is 2. The van der Waals surface area contributed by atoms with Gasteiger partial charge in [-0.3, -0.25) is 0 Å². The Labute approximate surface area is 138 Å². The molecule has 0 aliphatic heterocycles. The van der Waals surface area contributed by atoms with Crippen LogP contribution in [-0.4, -0.2) is 28.1 Å². The van der Waals surface area contributed by atoms with Gasteiger partial charge in [-0.1, -0.05) is 49.4 Å². The Bertz CT molecular complexity index is 676. The van der Waals surface area contributed by atoms with Crippen LogP contribution in [0, 0.1) is 0 Å². The lowest BCUT2D eigenvalue weighted by molar-refractivity contribution is 0.577. The minimum absolute atomic E-state index is 0. The zero-order valence-corrected chi connectivity index (χ0v) is 14.1. The van der Waals surface area contributed by atoms with Crippen molar-refractivity contribution < 1.29 is 8.42 Å². The molecular weight excluding hydrogens is 320 g/mol. The fraction of sp³-hybridized carbons (Fsp3) is 0.250. The van der Waals surface area contributed by atoms with E-state index in [2.05, 4.69) is 10.0 Å². The molecule has 2 rings (SSSR count). The van der Waals surface area contributed by atoms with E-state index in [0.29, 0.717) is 18.0 Å². The highest BCUT2D eigenvalue weighted by Gasteiger charge is 2.13. The van der Waals surface area contributed by atoms with Crippen molar-refractivity contribution >= 4 is 22.4 Å². The van der Waals surface area contributed by atoms with Gasteiger partial charge >= 0.3 is 0 Å². The summed E-state index contributed by atoms with van der Waals surface area (Å²) in [6, 6.07) is 16.7. The molecule has 0 unspecified atom stereocenters. The summed E-state index contributed by atoms with van der Waals surface area (Å²) in [6.07, 6.45) is 0. The molecule has 0 radical (unpaired) electrons. The second kappa shape index (κ2) is 8.90. The Morgan fingerprint density at radius 2 is 1.59 bits per heavy atom. The summed E-state index contributed by atoms with van der Waals surface area (Å²) in [5.74, 6) is 0. The van der Waals surface area contributed by atoms with Crippen LogP contribution in [0.4, 0.5) is 0 Å². The van der Waals surface area contributed by atoms with Crippen LogP contribution >= 0.6 is 12.4 Å². The molecular formula is C16H21ClN2O2S. The number of halogens is 1. The van der Waals surface area contributed by atoms with Crippen molar-refractivity contribution in [3.63, 3.8) is 0 Å². The third-order valence-corrected chi connectivity index (χ3v) is 4.55. The zero-order chi connectivity index (χ0) is 15.1. The summed E-state index contributed by atoms with van der Waals surface area (Å²) in [6.45, 7) is 3.81. The van der Waals surface area contributed by atoms with E-state index in [1.807, 2.05) is 43.3 Å². The van der Waals surface area contributed by atoms with Gasteiger partial charge in [0, 0.05) is 13.1 Å². The maximum Gasteiger partial charge on any atom is 0.240 e. The quantitative estimate of drug-likeness (QED) is 0.762. The van der Waals surface area contributed by atoms with E-state index in [4.69, 9.17) is 0 Å². The lowest BCUT2D eigenvalue weighted by atomic mass is 10.1. The average molecular weight is 341 g/mol. The van der Waals surface area contributed by atoms with Gasteiger partial charge in [0.2, 0.25) is 10.0 Å². The molecule has 0 spiro atoms. The predicted molar refractivity (Wildman–Crippen MR) is 92.9 cm³/mol. The molecule has 0 aromatic heterocycles. The smallest absolute Gasteiger partial charge is 0.240 e. The molecule has 0 saturated carbocycles. The highest BCUT2D eigenvalue weighted by atomic mass is 35.5. The van der Waals surface area contributed by atoms with Crippen molar-refractivity contribution in [3.8, 4) is 11.1 Å². The van der Waals surface area contributed by atoms with Crippen LogP contribution in [0.15, 0.2) is 59.5 Å². The Balaban J connectivity index is 0.00000242. The first kappa shape index (κ1) is 18.6. The van der Waals surface area contributed by atoms with Crippen molar-refractivity contribution in [3.05, 3.63) is 54.6 Å². The monoisotopic (exact) mass is 340 g/mol. The van der Waals surface area contributed by atoms with E-state index >= 15 is 0 Å². The molecule has 0 aliphatic rings. The van der Waals surface area contributed by atoms with Crippen LogP contribution in [0.1, 0.15) is 6.92 Å². The lowest BCUT2D eigenvalue weighted by Gasteiger charge is -2.09. The second-order valence-electron chi connectivity index (χ2n) is 4.65. The topological polar surface area (TPSA) is 58.2 Å². The molecule has 4 nitrogen and oxygen atoms in total. The highest BCUT2D eigenvalue weighted by molar-refractivity contribution is 7.89. The number of benzene rings is 2. The van der Waals surface area contributed by atoms with Crippen LogP contribution in [0.2, 0.25) is 0 Å². The van der Waals surface area contributed by atoms with Crippen molar-refractivity contribution in [1.82, 2.24) is 10.0 Å². The molecule has 6 heteroatoms. The number of rotatable bonds is 7. The van der Waals surface area contributed by atoms with Crippen molar-refractivity contribution in [1.29, 1.82) is 0 Å². The first-order chi connectivity index (χ1) is 10.1. The molecule has 0 fully saturated rings. The van der Waals surface area contributed by atoms with Crippen LogP contribution in [0.3, 0.4) is 0 Å². The summed E-state index contributed by atoms with van der Waals surface area (Å²) in [5.41, 5.74) is 1.90. The second-order valence-corrected chi connectivity index (χ2v) is 6.41. The fourth-order valence-electron chi connectivity index (χ4n) is 2.01. The molecule has 2 aromatic carbocycles. The summed E-state index contributed by atoms with van der Waals surface area (Å²) in [4.78, 5) is 0.292. The molecule has 0 heterocycles. The van der Waals surface area contributed by atoms with Gasteiger partial charge in [-0.15, -0.1) is 12.4 Å². The summed E-state index contributed by atoms with van der Waals surface area (Å²) < 4.78 is 27.1. The van der Waals surface area contributed by atoms with Crippen LogP contribution < -0.4 is 10.0 Å². The van der Waals surface area contributed by atoms with Gasteiger partial charge in [0.25, 0.3) is 0 Å². The molecule has 0 atom stereocenters. The number of nitrogens with one attached hydrogen (secondary N) is 2. The molecule has 22 heavy (non-hydrogen) atoms. The summed E-state index contributed by atoms with van der Waals surface area (Å²) in [7, 11) is -3.46. The van der Waals surface area contributed by atoms with Crippen LogP contribution in [0.25, 0.3) is 11.1 Å². The molecule has 0 saturated heterocycles. The van der Waals surface area contributed by atoms with Crippen molar-refractivity contribution in [2.75, 3.05) is 19.6 Å². The molecule has 120 valence electrons. The predicted octanol–water partition coefficient (Wildman–Crippen LogP) is 2.66. The van der Waals surface area contributed by atoms with E-state index in [1.54, 1.807) is 18.2 Å². The van der Waals surface area contributed by atoms with Gasteiger partial charge < -0.3 is 5.32 Å². The van der Waals surface area contributed by atoms with Crippen LogP contribution in [0.5, 0.6) is 0 Å². The SMILES string of the molecule is CCNCCNS(=O)(=O)c1cccc(-c2ccccc2)c1.Cl. The Morgan fingerprint density at radius 3 is 2.27 bits per heavy atom. The largest absolute Gasteiger partial charge is 0.316 e. The lowest BCUT2D eigenvalue weighted by Crippen LogP contribution is -2.31. The first-order valence-corrected chi connectivity index (χ1v) is 8.47. The highest BCUT2D eigenvalue weighted by Crippen LogP contribution is 2.21. The third-order valence-electron chi connectivity index (χ3n) is 3.10. The Hall–Kier alpha value is -1.40. The van der Waals surface area contributed by atoms with Crippen LogP contribution in [-0.2, 0) is 10.0 Å². The van der Waals surface area contributed by atoms with E-state index in [0.717, 1.165) is 17.7 Å². The molecule has 2 aromatic rings. The van der Waals surface area contributed by atoms with Gasteiger partial charge in [-0.25, -0.2) is 13.1 Å². The van der Waals surface area contributed by atoms with E-state index in [9.17, 15) is 8.42 Å². The normalized spacial score (nSPS) is 11.0. The average Bonchev–Trinajstić information content (AvgIpc) is 2.53. The third kappa shape index (κ3) is 5.10. The van der Waals surface area contributed by atoms with E-state index in [1.165, 1.54) is 0 Å². The summed E-state index contributed by atoms with van der Waals surface area (Å²) >= 11 is 0. The Morgan fingerprint density at radius 1 is 0.909 bits per heavy atom. The maximum absolute atomic E-state index is 12.2. The van der Waals surface area contributed by atoms with E-state index in [-0.39, 0.29) is 12.4 Å². The maximum atomic E-state index is 12.2. The first-order valence-electron chi connectivity index (χ1n) is 6.99. The van der Waals surface area contributed by atoms with Crippen molar-refractivity contribution in [2.24, 2.45) is 0 Å². The number of likely N-dealkylation sites (N-methyl/N-ethyl adjacent to an activating group) is 1.